The Bertz CT molecular complexity index is 558. The molecular weight excluding hydrogens is 306 g/mol. The lowest BCUT2D eigenvalue weighted by atomic mass is 10.4. The number of hydrogen-bond donors (Lipinski definition) is 1. The van der Waals surface area contributed by atoms with Gasteiger partial charge in [0.05, 0.1) is 6.26 Å². The van der Waals surface area contributed by atoms with E-state index < -0.39 is 0 Å². The summed E-state index contributed by atoms with van der Waals surface area (Å²) >= 11 is 1.46. The minimum absolute atomic E-state index is 0.0219. The molecule has 9 heteroatoms. The van der Waals surface area contributed by atoms with E-state index in [9.17, 15) is 4.79 Å². The van der Waals surface area contributed by atoms with Gasteiger partial charge in [0.15, 0.2) is 0 Å². The largest absolute Gasteiger partial charge is 0.467 e. The van der Waals surface area contributed by atoms with Crippen molar-refractivity contribution < 1.29 is 13.9 Å². The number of ether oxygens (including phenoxy) is 1. The van der Waals surface area contributed by atoms with Gasteiger partial charge in [-0.25, -0.2) is 4.68 Å². The molecule has 0 aromatic carbocycles. The Labute approximate surface area is 132 Å². The van der Waals surface area contributed by atoms with E-state index in [4.69, 9.17) is 9.15 Å². The Morgan fingerprint density at radius 3 is 3.18 bits per heavy atom. The molecule has 0 unspecified atom stereocenters. The normalized spacial score (nSPS) is 10.8. The van der Waals surface area contributed by atoms with Gasteiger partial charge in [-0.15, -0.1) is 5.10 Å². The molecule has 22 heavy (non-hydrogen) atoms. The molecule has 0 aliphatic carbocycles. The minimum atomic E-state index is 0.0219. The highest BCUT2D eigenvalue weighted by Gasteiger charge is 2.05. The van der Waals surface area contributed by atoms with Crippen LogP contribution in [0.25, 0.3) is 0 Å². The van der Waals surface area contributed by atoms with Crippen molar-refractivity contribution in [2.45, 2.75) is 24.6 Å². The van der Waals surface area contributed by atoms with Gasteiger partial charge in [0, 0.05) is 32.4 Å². The number of nitrogens with one attached hydrogen (secondary N) is 1. The maximum absolute atomic E-state index is 11.6. The smallest absolute Gasteiger partial charge is 0.220 e. The number of hydrogen-bond acceptors (Lipinski definition) is 7. The average Bonchev–Trinajstić information content (AvgIpc) is 3.15. The molecule has 2 aromatic heterocycles. The van der Waals surface area contributed by atoms with Gasteiger partial charge in [-0.05, 0) is 29.0 Å². The molecule has 0 aliphatic heterocycles. The van der Waals surface area contributed by atoms with Gasteiger partial charge >= 0.3 is 0 Å². The number of tetrazole rings is 1. The molecule has 120 valence electrons. The van der Waals surface area contributed by atoms with Crippen molar-refractivity contribution in [1.29, 1.82) is 0 Å². The van der Waals surface area contributed by atoms with Crippen LogP contribution in [-0.4, -0.2) is 45.0 Å². The van der Waals surface area contributed by atoms with Crippen molar-refractivity contribution in [2.24, 2.45) is 7.05 Å². The van der Waals surface area contributed by atoms with Crippen LogP contribution in [0, 0.1) is 0 Å². The summed E-state index contributed by atoms with van der Waals surface area (Å²) in [5, 5.41) is 14.7. The van der Waals surface area contributed by atoms with Gasteiger partial charge in [-0.3, -0.25) is 4.79 Å². The molecule has 8 nitrogen and oxygen atoms in total. The third-order valence-corrected chi connectivity index (χ3v) is 3.77. The Balaban J connectivity index is 1.45. The molecule has 0 saturated carbocycles. The number of rotatable bonds is 10. The standard InChI is InChI=1S/C13H19N5O3S/c1-18-13(15-16-17-18)22-9-5-12(19)14-6-3-7-20-10-11-4-2-8-21-11/h2,4,8H,3,5-7,9-10H2,1H3,(H,14,19). The molecule has 2 aromatic rings. The van der Waals surface area contributed by atoms with Crippen molar-refractivity contribution in [3.63, 3.8) is 0 Å². The second-order valence-corrected chi connectivity index (χ2v) is 5.58. The van der Waals surface area contributed by atoms with E-state index in [2.05, 4.69) is 20.8 Å². The van der Waals surface area contributed by atoms with Gasteiger partial charge in [0.1, 0.15) is 12.4 Å². The summed E-state index contributed by atoms with van der Waals surface area (Å²) in [6.45, 7) is 1.65. The predicted molar refractivity (Wildman–Crippen MR) is 80.1 cm³/mol. The van der Waals surface area contributed by atoms with Crippen molar-refractivity contribution >= 4 is 17.7 Å². The summed E-state index contributed by atoms with van der Waals surface area (Å²) in [5.74, 6) is 1.47. The highest BCUT2D eigenvalue weighted by molar-refractivity contribution is 7.99. The number of amides is 1. The Hall–Kier alpha value is -1.87. The summed E-state index contributed by atoms with van der Waals surface area (Å²) in [4.78, 5) is 11.6. The second kappa shape index (κ2) is 9.21. The average molecular weight is 325 g/mol. The van der Waals surface area contributed by atoms with Crippen molar-refractivity contribution in [3.8, 4) is 0 Å². The van der Waals surface area contributed by atoms with Crippen LogP contribution in [0.15, 0.2) is 28.0 Å². The maximum Gasteiger partial charge on any atom is 0.220 e. The first-order chi connectivity index (χ1) is 10.8. The number of carbonyl (C=O) groups is 1. The fraction of sp³-hybridized carbons (Fsp3) is 0.538. The van der Waals surface area contributed by atoms with E-state index in [0.29, 0.717) is 37.1 Å². The van der Waals surface area contributed by atoms with E-state index >= 15 is 0 Å². The van der Waals surface area contributed by atoms with Gasteiger partial charge in [-0.2, -0.15) is 0 Å². The maximum atomic E-state index is 11.6. The molecule has 0 radical (unpaired) electrons. The third kappa shape index (κ3) is 5.86. The zero-order valence-electron chi connectivity index (χ0n) is 12.4. The Morgan fingerprint density at radius 1 is 1.55 bits per heavy atom. The first kappa shape index (κ1) is 16.5. The lowest BCUT2D eigenvalue weighted by Crippen LogP contribution is -2.25. The third-order valence-electron chi connectivity index (χ3n) is 2.75. The molecule has 1 N–H and O–H groups in total. The van der Waals surface area contributed by atoms with Crippen molar-refractivity contribution in [3.05, 3.63) is 24.2 Å². The van der Waals surface area contributed by atoms with Gasteiger partial charge in [-0.1, -0.05) is 11.8 Å². The fourth-order valence-corrected chi connectivity index (χ4v) is 2.42. The Kier molecular flexibility index (Phi) is 6.91. The van der Waals surface area contributed by atoms with E-state index in [1.54, 1.807) is 18.0 Å². The van der Waals surface area contributed by atoms with Gasteiger partial charge < -0.3 is 14.5 Å². The summed E-state index contributed by atoms with van der Waals surface area (Å²) in [6, 6.07) is 3.69. The number of nitrogens with zero attached hydrogens (tertiary/aromatic N) is 4. The van der Waals surface area contributed by atoms with Crippen LogP contribution in [0.2, 0.25) is 0 Å². The van der Waals surface area contributed by atoms with Crippen LogP contribution in [0.3, 0.4) is 0 Å². The molecule has 0 saturated heterocycles. The zero-order valence-corrected chi connectivity index (χ0v) is 13.2. The van der Waals surface area contributed by atoms with E-state index in [-0.39, 0.29) is 5.91 Å². The summed E-state index contributed by atoms with van der Waals surface area (Å²) in [7, 11) is 1.77. The van der Waals surface area contributed by atoms with Crippen LogP contribution in [0.4, 0.5) is 0 Å². The first-order valence-corrected chi connectivity index (χ1v) is 7.96. The van der Waals surface area contributed by atoms with Crippen LogP contribution in [-0.2, 0) is 23.2 Å². The topological polar surface area (TPSA) is 95.1 Å². The summed E-state index contributed by atoms with van der Waals surface area (Å²) in [6.07, 6.45) is 2.82. The SMILES string of the molecule is Cn1nnnc1SCCC(=O)NCCCOCc1ccco1. The lowest BCUT2D eigenvalue weighted by molar-refractivity contribution is -0.120. The molecular formula is C13H19N5O3S. The number of aryl methyl sites for hydroxylation is 1. The summed E-state index contributed by atoms with van der Waals surface area (Å²) in [5.41, 5.74) is 0. The van der Waals surface area contributed by atoms with Crippen LogP contribution < -0.4 is 5.32 Å². The van der Waals surface area contributed by atoms with E-state index in [1.165, 1.54) is 11.8 Å². The van der Waals surface area contributed by atoms with Gasteiger partial charge in [0.2, 0.25) is 11.1 Å². The number of furan rings is 1. The molecule has 2 heterocycles. The van der Waals surface area contributed by atoms with Crippen molar-refractivity contribution in [2.75, 3.05) is 18.9 Å². The number of carbonyl (C=O) groups excluding carboxylic acids is 1. The molecule has 0 spiro atoms. The number of thioether (sulfide) groups is 1. The lowest BCUT2D eigenvalue weighted by Gasteiger charge is -2.05. The van der Waals surface area contributed by atoms with Crippen LogP contribution in [0.5, 0.6) is 0 Å². The predicted octanol–water partition coefficient (Wildman–Crippen LogP) is 1.01. The van der Waals surface area contributed by atoms with E-state index in [0.717, 1.165) is 12.2 Å². The monoisotopic (exact) mass is 325 g/mol. The quantitative estimate of drug-likeness (QED) is 0.514. The van der Waals surface area contributed by atoms with Crippen LogP contribution >= 0.6 is 11.8 Å². The molecule has 2 rings (SSSR count). The van der Waals surface area contributed by atoms with E-state index in [1.807, 2.05) is 12.1 Å². The Morgan fingerprint density at radius 2 is 2.45 bits per heavy atom. The minimum Gasteiger partial charge on any atom is -0.467 e. The highest BCUT2D eigenvalue weighted by atomic mass is 32.2. The molecule has 0 aliphatic rings. The molecule has 0 atom stereocenters. The van der Waals surface area contributed by atoms with Crippen molar-refractivity contribution in [1.82, 2.24) is 25.5 Å². The molecule has 0 bridgehead atoms. The molecule has 0 fully saturated rings. The van der Waals surface area contributed by atoms with Crippen LogP contribution in [0.1, 0.15) is 18.6 Å². The zero-order chi connectivity index (χ0) is 15.6. The first-order valence-electron chi connectivity index (χ1n) is 6.97. The number of aromatic nitrogens is 4. The van der Waals surface area contributed by atoms with Gasteiger partial charge in [0.25, 0.3) is 0 Å². The highest BCUT2D eigenvalue weighted by Crippen LogP contribution is 2.12. The fourth-order valence-electron chi connectivity index (χ4n) is 1.64. The molecule has 1 amide bonds. The summed E-state index contributed by atoms with van der Waals surface area (Å²) < 4.78 is 12.2. The second-order valence-electron chi connectivity index (χ2n) is 4.52.